The van der Waals surface area contributed by atoms with Crippen LogP contribution in [-0.2, 0) is 16.0 Å². The molecule has 0 aliphatic carbocycles. The summed E-state index contributed by atoms with van der Waals surface area (Å²) in [4.78, 5) is 28.2. The number of carbonyl (C=O) groups is 2. The van der Waals surface area contributed by atoms with Crippen molar-refractivity contribution in [1.82, 2.24) is 9.80 Å². The first-order chi connectivity index (χ1) is 11.5. The van der Waals surface area contributed by atoms with Gasteiger partial charge in [-0.2, -0.15) is 0 Å². The van der Waals surface area contributed by atoms with Crippen LogP contribution in [0.25, 0.3) is 0 Å². The average molecular weight is 350 g/mol. The normalized spacial score (nSPS) is 22.7. The molecule has 0 aromatic heterocycles. The molecule has 2 aliphatic rings. The van der Waals surface area contributed by atoms with Crippen molar-refractivity contribution in [3.8, 4) is 0 Å². The van der Waals surface area contributed by atoms with Gasteiger partial charge in [0.25, 0.3) is 0 Å². The summed E-state index contributed by atoms with van der Waals surface area (Å²) in [5.74, 6) is -0.0580. The number of piperidine rings is 1. The Kier molecular flexibility index (Phi) is 5.41. The van der Waals surface area contributed by atoms with Crippen molar-refractivity contribution < 1.29 is 9.59 Å². The van der Waals surface area contributed by atoms with E-state index in [4.69, 9.17) is 17.3 Å². The van der Waals surface area contributed by atoms with Crippen LogP contribution >= 0.6 is 11.6 Å². The van der Waals surface area contributed by atoms with Gasteiger partial charge in [-0.05, 0) is 49.9 Å². The summed E-state index contributed by atoms with van der Waals surface area (Å²) in [5.41, 5.74) is 6.50. The molecule has 2 N–H and O–H groups in total. The summed E-state index contributed by atoms with van der Waals surface area (Å²) in [5, 5.41) is 0.682. The second-order valence-electron chi connectivity index (χ2n) is 6.71. The molecule has 2 aliphatic heterocycles. The molecule has 2 fully saturated rings. The van der Waals surface area contributed by atoms with Crippen LogP contribution in [0.3, 0.4) is 0 Å². The van der Waals surface area contributed by atoms with Crippen LogP contribution < -0.4 is 5.73 Å². The molecule has 0 bridgehead atoms. The molecule has 6 heteroatoms. The van der Waals surface area contributed by atoms with Gasteiger partial charge < -0.3 is 10.6 Å². The Morgan fingerprint density at radius 2 is 1.75 bits per heavy atom. The van der Waals surface area contributed by atoms with Crippen LogP contribution in [0, 0.1) is 0 Å². The molecule has 2 amide bonds. The highest BCUT2D eigenvalue weighted by atomic mass is 35.5. The number of halogens is 1. The van der Waals surface area contributed by atoms with Gasteiger partial charge in [-0.15, -0.1) is 0 Å². The van der Waals surface area contributed by atoms with E-state index in [-0.39, 0.29) is 17.9 Å². The molecule has 0 spiro atoms. The largest absolute Gasteiger partial charge is 0.368 e. The molecule has 2 heterocycles. The summed E-state index contributed by atoms with van der Waals surface area (Å²) >= 11 is 5.88. The minimum absolute atomic E-state index is 0.119. The second kappa shape index (κ2) is 7.53. The first kappa shape index (κ1) is 17.2. The van der Waals surface area contributed by atoms with Gasteiger partial charge in [0.2, 0.25) is 11.8 Å². The Labute approximate surface area is 147 Å². The third-order valence-electron chi connectivity index (χ3n) is 5.18. The Morgan fingerprint density at radius 1 is 1.08 bits per heavy atom. The number of hydrogen-bond acceptors (Lipinski definition) is 3. The van der Waals surface area contributed by atoms with Crippen LogP contribution in [-0.4, -0.2) is 53.3 Å². The molecule has 3 rings (SSSR count). The predicted octanol–water partition coefficient (Wildman–Crippen LogP) is 1.82. The topological polar surface area (TPSA) is 66.6 Å². The Balaban J connectivity index is 1.52. The van der Waals surface area contributed by atoms with E-state index in [9.17, 15) is 9.59 Å². The minimum atomic E-state index is -0.214. The van der Waals surface area contributed by atoms with E-state index in [2.05, 4.69) is 4.90 Å². The van der Waals surface area contributed by atoms with Crippen molar-refractivity contribution in [1.29, 1.82) is 0 Å². The lowest BCUT2D eigenvalue weighted by Gasteiger charge is -2.38. The predicted molar refractivity (Wildman–Crippen MR) is 93.7 cm³/mol. The van der Waals surface area contributed by atoms with Gasteiger partial charge in [-0.3, -0.25) is 14.5 Å². The summed E-state index contributed by atoms with van der Waals surface area (Å²) in [6.45, 7) is 2.44. The van der Waals surface area contributed by atoms with Crippen LogP contribution in [0.1, 0.15) is 31.2 Å². The van der Waals surface area contributed by atoms with E-state index in [1.807, 2.05) is 29.2 Å². The molecule has 1 aromatic rings. The number of nitrogens with two attached hydrogens (primary N) is 1. The molecule has 0 unspecified atom stereocenters. The fourth-order valence-corrected chi connectivity index (χ4v) is 3.99. The highest BCUT2D eigenvalue weighted by Crippen LogP contribution is 2.26. The number of primary amides is 1. The van der Waals surface area contributed by atoms with E-state index >= 15 is 0 Å². The zero-order valence-corrected chi connectivity index (χ0v) is 14.5. The van der Waals surface area contributed by atoms with E-state index in [0.717, 1.165) is 50.9 Å². The molecule has 1 atom stereocenters. The van der Waals surface area contributed by atoms with E-state index in [0.29, 0.717) is 17.5 Å². The van der Waals surface area contributed by atoms with Gasteiger partial charge >= 0.3 is 0 Å². The van der Waals surface area contributed by atoms with Crippen molar-refractivity contribution in [2.75, 3.05) is 19.6 Å². The van der Waals surface area contributed by atoms with Crippen molar-refractivity contribution in [2.45, 2.75) is 44.2 Å². The van der Waals surface area contributed by atoms with Crippen LogP contribution in [0.2, 0.25) is 5.02 Å². The smallest absolute Gasteiger partial charge is 0.234 e. The molecule has 0 radical (unpaired) electrons. The van der Waals surface area contributed by atoms with Crippen molar-refractivity contribution in [3.63, 3.8) is 0 Å². The number of hydrogen-bond donors (Lipinski definition) is 1. The average Bonchev–Trinajstić information content (AvgIpc) is 3.07. The molecule has 1 aromatic carbocycles. The SMILES string of the molecule is NC(=O)[C@H]1CCCN1C1CCN(C(=O)Cc2ccc(Cl)cc2)CC1. The van der Waals surface area contributed by atoms with E-state index < -0.39 is 0 Å². The summed E-state index contributed by atoms with van der Waals surface area (Å²) < 4.78 is 0. The Hall–Kier alpha value is -1.59. The standard InChI is InChI=1S/C18H24ClN3O2/c19-14-5-3-13(4-6-14)12-17(23)21-10-7-15(8-11-21)22-9-1-2-16(22)18(20)24/h3-6,15-16H,1-2,7-12H2,(H2,20,24)/t16-/m1/s1. The van der Waals surface area contributed by atoms with E-state index in [1.54, 1.807) is 0 Å². The molecule has 0 saturated carbocycles. The lowest BCUT2D eigenvalue weighted by Crippen LogP contribution is -2.51. The highest BCUT2D eigenvalue weighted by molar-refractivity contribution is 6.30. The summed E-state index contributed by atoms with van der Waals surface area (Å²) in [6, 6.07) is 7.67. The quantitative estimate of drug-likeness (QED) is 0.901. The number of nitrogens with zero attached hydrogens (tertiary/aromatic N) is 2. The number of likely N-dealkylation sites (tertiary alicyclic amines) is 2. The lowest BCUT2D eigenvalue weighted by atomic mass is 10.0. The maximum Gasteiger partial charge on any atom is 0.234 e. The zero-order chi connectivity index (χ0) is 17.1. The minimum Gasteiger partial charge on any atom is -0.368 e. The van der Waals surface area contributed by atoms with Crippen molar-refractivity contribution >= 4 is 23.4 Å². The van der Waals surface area contributed by atoms with Gasteiger partial charge in [0.1, 0.15) is 0 Å². The van der Waals surface area contributed by atoms with Crippen molar-refractivity contribution in [3.05, 3.63) is 34.9 Å². The second-order valence-corrected chi connectivity index (χ2v) is 7.15. The molecule has 5 nitrogen and oxygen atoms in total. The third-order valence-corrected chi connectivity index (χ3v) is 5.43. The van der Waals surface area contributed by atoms with Crippen LogP contribution in [0.5, 0.6) is 0 Å². The van der Waals surface area contributed by atoms with Gasteiger partial charge in [0, 0.05) is 24.2 Å². The maximum absolute atomic E-state index is 12.5. The molecule has 24 heavy (non-hydrogen) atoms. The molecule has 2 saturated heterocycles. The van der Waals surface area contributed by atoms with Gasteiger partial charge in [0.15, 0.2) is 0 Å². The Morgan fingerprint density at radius 3 is 2.38 bits per heavy atom. The number of amides is 2. The van der Waals surface area contributed by atoms with Gasteiger partial charge in [0.05, 0.1) is 12.5 Å². The molecular formula is C18H24ClN3O2. The third kappa shape index (κ3) is 3.90. The number of rotatable bonds is 4. The van der Waals surface area contributed by atoms with Crippen LogP contribution in [0.15, 0.2) is 24.3 Å². The fraction of sp³-hybridized carbons (Fsp3) is 0.556. The fourth-order valence-electron chi connectivity index (χ4n) is 3.87. The molecular weight excluding hydrogens is 326 g/mol. The lowest BCUT2D eigenvalue weighted by molar-refractivity contribution is -0.133. The van der Waals surface area contributed by atoms with Gasteiger partial charge in [-0.25, -0.2) is 0 Å². The highest BCUT2D eigenvalue weighted by Gasteiger charge is 2.36. The first-order valence-electron chi connectivity index (χ1n) is 8.62. The van der Waals surface area contributed by atoms with Crippen molar-refractivity contribution in [2.24, 2.45) is 5.73 Å². The monoisotopic (exact) mass is 349 g/mol. The Bertz CT molecular complexity index is 597. The number of benzene rings is 1. The maximum atomic E-state index is 12.5. The van der Waals surface area contributed by atoms with Crippen LogP contribution in [0.4, 0.5) is 0 Å². The summed E-state index contributed by atoms with van der Waals surface area (Å²) in [6.07, 6.45) is 4.14. The number of carbonyl (C=O) groups excluding carboxylic acids is 2. The molecule has 130 valence electrons. The summed E-state index contributed by atoms with van der Waals surface area (Å²) in [7, 11) is 0. The first-order valence-corrected chi connectivity index (χ1v) is 8.99. The van der Waals surface area contributed by atoms with Gasteiger partial charge in [-0.1, -0.05) is 23.7 Å². The zero-order valence-electron chi connectivity index (χ0n) is 13.8. The van der Waals surface area contributed by atoms with E-state index in [1.165, 1.54) is 0 Å².